The summed E-state index contributed by atoms with van der Waals surface area (Å²) in [5.74, 6) is -1.31. The summed E-state index contributed by atoms with van der Waals surface area (Å²) in [6.07, 6.45) is 1.25. The third-order valence-corrected chi connectivity index (χ3v) is 9.83. The van der Waals surface area contributed by atoms with Crippen LogP contribution in [0, 0.1) is 0 Å². The Hall–Kier alpha value is -1.49. The van der Waals surface area contributed by atoms with Crippen LogP contribution in [-0.4, -0.2) is 76.5 Å². The van der Waals surface area contributed by atoms with Gasteiger partial charge in [0.25, 0.3) is 5.91 Å². The lowest BCUT2D eigenvalue weighted by Gasteiger charge is -2.37. The minimum Gasteiger partial charge on any atom is -0.347 e. The number of hydrogen-bond donors (Lipinski definition) is 0. The van der Waals surface area contributed by atoms with E-state index in [1.807, 2.05) is 0 Å². The van der Waals surface area contributed by atoms with E-state index < -0.39 is 30.7 Å². The number of amides is 1. The van der Waals surface area contributed by atoms with Crippen LogP contribution in [0.2, 0.25) is 0 Å². The van der Waals surface area contributed by atoms with Crippen molar-refractivity contribution >= 4 is 25.6 Å². The van der Waals surface area contributed by atoms with Gasteiger partial charge in [-0.2, -0.15) is 0 Å². The molecule has 1 atom stereocenters. The summed E-state index contributed by atoms with van der Waals surface area (Å²) in [7, 11) is -7.12. The van der Waals surface area contributed by atoms with E-state index in [-0.39, 0.29) is 34.3 Å². The molecular weight excluding hydrogens is 406 g/mol. The highest BCUT2D eigenvalue weighted by Crippen LogP contribution is 2.32. The van der Waals surface area contributed by atoms with E-state index in [9.17, 15) is 21.6 Å². The van der Waals surface area contributed by atoms with Crippen molar-refractivity contribution in [2.75, 3.05) is 37.8 Å². The molecule has 1 amide bonds. The molecule has 0 aromatic heterocycles. The Morgan fingerprint density at radius 2 is 1.82 bits per heavy atom. The Morgan fingerprint density at radius 1 is 1.14 bits per heavy atom. The fourth-order valence-corrected chi connectivity index (χ4v) is 8.43. The second kappa shape index (κ2) is 7.08. The summed E-state index contributed by atoms with van der Waals surface area (Å²) in [5, 5.41) is -0.950. The highest BCUT2D eigenvalue weighted by Gasteiger charge is 2.41. The van der Waals surface area contributed by atoms with Crippen LogP contribution in [0.5, 0.6) is 0 Å². The van der Waals surface area contributed by atoms with Crippen LogP contribution < -0.4 is 0 Å². The first-order valence-corrected chi connectivity index (χ1v) is 12.7. The normalized spacial score (nSPS) is 26.6. The van der Waals surface area contributed by atoms with Crippen molar-refractivity contribution in [3.63, 3.8) is 0 Å². The molecule has 28 heavy (non-hydrogen) atoms. The number of ether oxygens (including phenoxy) is 2. The van der Waals surface area contributed by atoms with Gasteiger partial charge in [-0.3, -0.25) is 4.79 Å². The van der Waals surface area contributed by atoms with Gasteiger partial charge in [-0.05, 0) is 24.6 Å². The average Bonchev–Trinajstić information content (AvgIpc) is 3.28. The molecule has 3 aliphatic rings. The van der Waals surface area contributed by atoms with E-state index in [2.05, 4.69) is 0 Å². The maximum Gasteiger partial charge on any atom is 0.253 e. The van der Waals surface area contributed by atoms with Gasteiger partial charge < -0.3 is 14.4 Å². The number of hydrogen-bond acceptors (Lipinski definition) is 7. The third-order valence-electron chi connectivity index (χ3n) is 5.67. The van der Waals surface area contributed by atoms with Gasteiger partial charge in [0.2, 0.25) is 0 Å². The molecule has 154 valence electrons. The first-order chi connectivity index (χ1) is 13.2. The molecule has 10 heteroatoms. The highest BCUT2D eigenvalue weighted by atomic mass is 32.2. The monoisotopic (exact) mass is 429 g/mol. The molecule has 3 fully saturated rings. The molecule has 0 unspecified atom stereocenters. The first kappa shape index (κ1) is 19.8. The first-order valence-electron chi connectivity index (χ1n) is 9.32. The molecule has 3 heterocycles. The number of benzene rings is 1. The lowest BCUT2D eigenvalue weighted by atomic mass is 10.0. The number of nitrogens with zero attached hydrogens (tertiary/aromatic N) is 1. The molecule has 3 aliphatic heterocycles. The van der Waals surface area contributed by atoms with Gasteiger partial charge in [0.15, 0.2) is 25.5 Å². The topological polar surface area (TPSA) is 107 Å². The summed E-state index contributed by atoms with van der Waals surface area (Å²) in [4.78, 5) is 14.5. The van der Waals surface area contributed by atoms with Crippen LogP contribution >= 0.6 is 0 Å². The Kier molecular flexibility index (Phi) is 5.01. The fourth-order valence-electron chi connectivity index (χ4n) is 4.02. The molecule has 1 aromatic carbocycles. The molecule has 8 nitrogen and oxygen atoms in total. The molecule has 0 N–H and O–H groups in total. The second-order valence-electron chi connectivity index (χ2n) is 7.50. The fraction of sp³-hybridized carbons (Fsp3) is 0.611. The Balaban J connectivity index is 1.50. The molecule has 1 spiro atoms. The van der Waals surface area contributed by atoms with Crippen molar-refractivity contribution < 1.29 is 31.1 Å². The van der Waals surface area contributed by atoms with E-state index in [0.29, 0.717) is 39.1 Å². The number of carbonyl (C=O) groups is 1. The Bertz CT molecular complexity index is 971. The van der Waals surface area contributed by atoms with Crippen LogP contribution in [0.1, 0.15) is 29.6 Å². The molecule has 3 saturated heterocycles. The standard InChI is InChI=1S/C18H23NO7S2/c20-17(19-7-5-18(6-8-19)25-9-10-26-18)14-2-1-3-15(12-14)28(23,24)16-4-11-27(21,22)13-16/h1-3,12,16H,4-11,13H2/t16-/m0/s1. The number of rotatable bonds is 3. The van der Waals surface area contributed by atoms with Gasteiger partial charge in [-0.25, -0.2) is 16.8 Å². The van der Waals surface area contributed by atoms with Gasteiger partial charge in [-0.15, -0.1) is 0 Å². The second-order valence-corrected chi connectivity index (χ2v) is 12.0. The van der Waals surface area contributed by atoms with E-state index in [1.165, 1.54) is 18.2 Å². The van der Waals surface area contributed by atoms with E-state index in [0.717, 1.165) is 0 Å². The van der Waals surface area contributed by atoms with Crippen molar-refractivity contribution in [3.05, 3.63) is 29.8 Å². The van der Waals surface area contributed by atoms with Crippen molar-refractivity contribution in [3.8, 4) is 0 Å². The zero-order chi connectivity index (χ0) is 20.0. The summed E-state index contributed by atoms with van der Waals surface area (Å²) in [6, 6.07) is 5.88. The van der Waals surface area contributed by atoms with E-state index in [4.69, 9.17) is 9.47 Å². The number of carbonyl (C=O) groups excluding carboxylic acids is 1. The van der Waals surface area contributed by atoms with Gasteiger partial charge in [0, 0.05) is 31.5 Å². The average molecular weight is 430 g/mol. The molecule has 1 aromatic rings. The summed E-state index contributed by atoms with van der Waals surface area (Å²) >= 11 is 0. The predicted octanol–water partition coefficient (Wildman–Crippen LogP) is 0.627. The van der Waals surface area contributed by atoms with E-state index >= 15 is 0 Å². The SMILES string of the molecule is O=C(c1cccc(S(=O)(=O)[C@H]2CCS(=O)(=O)C2)c1)N1CCC2(CC1)OCCO2. The minimum absolute atomic E-state index is 0.00334. The predicted molar refractivity (Wildman–Crippen MR) is 100 cm³/mol. The van der Waals surface area contributed by atoms with Gasteiger partial charge >= 0.3 is 0 Å². The maximum atomic E-state index is 12.9. The van der Waals surface area contributed by atoms with Gasteiger partial charge in [-0.1, -0.05) is 6.07 Å². The number of sulfone groups is 2. The van der Waals surface area contributed by atoms with Gasteiger partial charge in [0.05, 0.1) is 34.9 Å². The van der Waals surface area contributed by atoms with Crippen LogP contribution in [0.25, 0.3) is 0 Å². The molecular formula is C18H23NO7S2. The lowest BCUT2D eigenvalue weighted by Crippen LogP contribution is -2.47. The van der Waals surface area contributed by atoms with Gasteiger partial charge in [0.1, 0.15) is 0 Å². The molecule has 0 radical (unpaired) electrons. The minimum atomic E-state index is -3.80. The largest absolute Gasteiger partial charge is 0.347 e. The summed E-state index contributed by atoms with van der Waals surface area (Å²) in [5.41, 5.74) is 0.283. The summed E-state index contributed by atoms with van der Waals surface area (Å²) < 4.78 is 60.3. The van der Waals surface area contributed by atoms with Crippen LogP contribution in [0.3, 0.4) is 0 Å². The van der Waals surface area contributed by atoms with Crippen LogP contribution in [-0.2, 0) is 29.1 Å². The quantitative estimate of drug-likeness (QED) is 0.693. The molecule has 0 aliphatic carbocycles. The molecule has 0 saturated carbocycles. The third kappa shape index (κ3) is 3.70. The van der Waals surface area contributed by atoms with Crippen molar-refractivity contribution in [1.82, 2.24) is 4.90 Å². The Morgan fingerprint density at radius 3 is 2.43 bits per heavy atom. The lowest BCUT2D eigenvalue weighted by molar-refractivity contribution is -0.181. The van der Waals surface area contributed by atoms with Crippen molar-refractivity contribution in [2.45, 2.75) is 35.2 Å². The zero-order valence-corrected chi connectivity index (χ0v) is 17.0. The van der Waals surface area contributed by atoms with Crippen LogP contribution in [0.4, 0.5) is 0 Å². The Labute approximate surface area is 164 Å². The highest BCUT2D eigenvalue weighted by molar-refractivity contribution is 7.96. The van der Waals surface area contributed by atoms with E-state index in [1.54, 1.807) is 11.0 Å². The maximum absolute atomic E-state index is 12.9. The zero-order valence-electron chi connectivity index (χ0n) is 15.4. The van der Waals surface area contributed by atoms with Crippen LogP contribution in [0.15, 0.2) is 29.2 Å². The molecule has 0 bridgehead atoms. The number of piperidine rings is 1. The van der Waals surface area contributed by atoms with Crippen molar-refractivity contribution in [1.29, 1.82) is 0 Å². The smallest absolute Gasteiger partial charge is 0.253 e. The van der Waals surface area contributed by atoms with Crippen molar-refractivity contribution in [2.24, 2.45) is 0 Å². The number of likely N-dealkylation sites (tertiary alicyclic amines) is 1. The summed E-state index contributed by atoms with van der Waals surface area (Å²) in [6.45, 7) is 2.06. The molecule has 4 rings (SSSR count).